The number of thioether (sulfide) groups is 1. The lowest BCUT2D eigenvalue weighted by molar-refractivity contribution is 0.102. The van der Waals surface area contributed by atoms with Gasteiger partial charge in [0.15, 0.2) is 10.9 Å². The summed E-state index contributed by atoms with van der Waals surface area (Å²) in [6.07, 6.45) is 10.4. The Labute approximate surface area is 213 Å². The molecule has 0 spiro atoms. The number of rotatable bonds is 9. The lowest BCUT2D eigenvalue weighted by Gasteiger charge is -2.26. The second-order valence-corrected chi connectivity index (χ2v) is 10.9. The van der Waals surface area contributed by atoms with Crippen LogP contribution in [0, 0.1) is 0 Å². The molecular weight excluding hydrogens is 452 g/mol. The van der Waals surface area contributed by atoms with E-state index in [9.17, 15) is 4.79 Å². The Hall–Kier alpha value is -2.44. The number of Topliss-reactive ketones (excluding diaryl/α,β-unsaturated/α-hetero) is 1. The van der Waals surface area contributed by atoms with Crippen LogP contribution in [-0.4, -0.2) is 44.3 Å². The third-order valence-corrected chi connectivity index (χ3v) is 8.40. The van der Waals surface area contributed by atoms with Crippen LogP contribution < -0.4 is 0 Å². The Morgan fingerprint density at radius 1 is 0.829 bits per heavy atom. The molecule has 1 saturated carbocycles. The Balaban J connectivity index is 1.26. The molecular formula is C29H36N4OS. The van der Waals surface area contributed by atoms with Crippen molar-refractivity contribution in [3.8, 4) is 0 Å². The van der Waals surface area contributed by atoms with E-state index < -0.39 is 0 Å². The summed E-state index contributed by atoms with van der Waals surface area (Å²) in [6, 6.07) is 18.8. The van der Waals surface area contributed by atoms with Crippen molar-refractivity contribution in [1.82, 2.24) is 19.7 Å². The number of nitrogens with zero attached hydrogens (tertiary/aromatic N) is 4. The van der Waals surface area contributed by atoms with Gasteiger partial charge >= 0.3 is 0 Å². The highest BCUT2D eigenvalue weighted by atomic mass is 32.2. The molecule has 5 rings (SSSR count). The summed E-state index contributed by atoms with van der Waals surface area (Å²) in [7, 11) is 0. The first-order valence-corrected chi connectivity index (χ1v) is 14.2. The zero-order valence-corrected chi connectivity index (χ0v) is 21.4. The molecule has 1 aromatic heterocycles. The Morgan fingerprint density at radius 2 is 1.54 bits per heavy atom. The molecule has 5 nitrogen and oxygen atoms in total. The maximum absolute atomic E-state index is 13.0. The Kier molecular flexibility index (Phi) is 8.32. The second-order valence-electron chi connectivity index (χ2n) is 9.98. The van der Waals surface area contributed by atoms with Gasteiger partial charge in [-0.1, -0.05) is 92.0 Å². The normalized spacial score (nSPS) is 17.5. The van der Waals surface area contributed by atoms with E-state index >= 15 is 0 Å². The summed E-state index contributed by atoms with van der Waals surface area (Å²) in [6.45, 7) is 3.78. The predicted molar refractivity (Wildman–Crippen MR) is 142 cm³/mol. The van der Waals surface area contributed by atoms with Gasteiger partial charge in [-0.2, -0.15) is 0 Å². The number of likely N-dealkylation sites (tertiary alicyclic amines) is 1. The minimum Gasteiger partial charge on any atom is -0.300 e. The smallest absolute Gasteiger partial charge is 0.192 e. The summed E-state index contributed by atoms with van der Waals surface area (Å²) in [5.41, 5.74) is 3.40. The molecule has 1 saturated heterocycles. The van der Waals surface area contributed by atoms with Crippen molar-refractivity contribution in [3.05, 3.63) is 77.1 Å². The van der Waals surface area contributed by atoms with E-state index in [1.165, 1.54) is 74.3 Å². The molecule has 0 atom stereocenters. The van der Waals surface area contributed by atoms with Gasteiger partial charge in [-0.15, -0.1) is 10.2 Å². The van der Waals surface area contributed by atoms with Crippen molar-refractivity contribution in [2.75, 3.05) is 18.8 Å². The SMILES string of the molecule is O=C(CSc1nnc(CN2CCCCC2)n1Cc1ccccc1)c1ccc(C2CCCCC2)cc1. The number of hydrogen-bond donors (Lipinski definition) is 0. The monoisotopic (exact) mass is 488 g/mol. The molecule has 0 radical (unpaired) electrons. The van der Waals surface area contributed by atoms with Gasteiger partial charge in [-0.25, -0.2) is 0 Å². The van der Waals surface area contributed by atoms with E-state index in [0.717, 1.165) is 42.7 Å². The Bertz CT molecular complexity index is 1080. The van der Waals surface area contributed by atoms with Crippen LogP contribution in [0.15, 0.2) is 59.8 Å². The van der Waals surface area contributed by atoms with Crippen molar-refractivity contribution in [2.45, 2.75) is 75.5 Å². The number of hydrogen-bond acceptors (Lipinski definition) is 5. The molecule has 6 heteroatoms. The lowest BCUT2D eigenvalue weighted by Crippen LogP contribution is -2.30. The molecule has 2 aliphatic rings. The summed E-state index contributed by atoms with van der Waals surface area (Å²) in [5, 5.41) is 9.90. The average molecular weight is 489 g/mol. The fraction of sp³-hybridized carbons (Fsp3) is 0.483. The zero-order chi connectivity index (χ0) is 23.9. The molecule has 0 amide bonds. The molecule has 1 aliphatic heterocycles. The van der Waals surface area contributed by atoms with E-state index in [1.807, 2.05) is 18.2 Å². The Morgan fingerprint density at radius 3 is 2.29 bits per heavy atom. The summed E-state index contributed by atoms with van der Waals surface area (Å²) in [5.74, 6) is 2.18. The highest BCUT2D eigenvalue weighted by Crippen LogP contribution is 2.32. The molecule has 2 heterocycles. The van der Waals surface area contributed by atoms with Gasteiger partial charge in [-0.05, 0) is 55.8 Å². The molecule has 0 unspecified atom stereocenters. The number of carbonyl (C=O) groups is 1. The van der Waals surface area contributed by atoms with Gasteiger partial charge in [-0.3, -0.25) is 9.69 Å². The topological polar surface area (TPSA) is 51.0 Å². The maximum atomic E-state index is 13.0. The van der Waals surface area contributed by atoms with Crippen molar-refractivity contribution >= 4 is 17.5 Å². The van der Waals surface area contributed by atoms with Crippen LogP contribution in [0.5, 0.6) is 0 Å². The second kappa shape index (κ2) is 12.0. The first-order valence-electron chi connectivity index (χ1n) is 13.2. The number of carbonyl (C=O) groups excluding carboxylic acids is 1. The summed E-state index contributed by atoms with van der Waals surface area (Å²) < 4.78 is 2.20. The summed E-state index contributed by atoms with van der Waals surface area (Å²) >= 11 is 1.51. The van der Waals surface area contributed by atoms with E-state index in [-0.39, 0.29) is 5.78 Å². The molecule has 0 bridgehead atoms. The lowest BCUT2D eigenvalue weighted by atomic mass is 9.84. The van der Waals surface area contributed by atoms with Crippen LogP contribution in [0.3, 0.4) is 0 Å². The minimum atomic E-state index is 0.150. The first kappa shape index (κ1) is 24.3. The molecule has 0 N–H and O–H groups in total. The third-order valence-electron chi connectivity index (χ3n) is 7.43. The van der Waals surface area contributed by atoms with Gasteiger partial charge in [0.2, 0.25) is 0 Å². The van der Waals surface area contributed by atoms with E-state index in [4.69, 9.17) is 0 Å². The van der Waals surface area contributed by atoms with Gasteiger partial charge in [0.05, 0.1) is 18.8 Å². The molecule has 2 fully saturated rings. The standard InChI is InChI=1S/C29H36N4OS/c34-27(26-16-14-25(15-17-26)24-12-6-2-7-13-24)22-35-29-31-30-28(21-32-18-8-3-9-19-32)33(29)20-23-10-4-1-5-11-23/h1,4-5,10-11,14-17,24H,2-3,6-9,12-13,18-22H2. The van der Waals surface area contributed by atoms with Crippen LogP contribution in [0.1, 0.15) is 84.6 Å². The zero-order valence-electron chi connectivity index (χ0n) is 20.6. The van der Waals surface area contributed by atoms with Gasteiger partial charge in [0.25, 0.3) is 0 Å². The van der Waals surface area contributed by atoms with Gasteiger partial charge in [0, 0.05) is 5.56 Å². The van der Waals surface area contributed by atoms with Crippen LogP contribution in [0.4, 0.5) is 0 Å². The van der Waals surface area contributed by atoms with Crippen molar-refractivity contribution in [1.29, 1.82) is 0 Å². The van der Waals surface area contributed by atoms with Crippen LogP contribution in [-0.2, 0) is 13.1 Å². The van der Waals surface area contributed by atoms with Crippen LogP contribution >= 0.6 is 11.8 Å². The van der Waals surface area contributed by atoms with Gasteiger partial charge < -0.3 is 4.57 Å². The van der Waals surface area contributed by atoms with E-state index in [2.05, 4.69) is 56.1 Å². The highest BCUT2D eigenvalue weighted by Gasteiger charge is 2.20. The fourth-order valence-electron chi connectivity index (χ4n) is 5.38. The van der Waals surface area contributed by atoms with Crippen LogP contribution in [0.2, 0.25) is 0 Å². The largest absolute Gasteiger partial charge is 0.300 e. The van der Waals surface area contributed by atoms with Crippen molar-refractivity contribution in [3.63, 3.8) is 0 Å². The highest BCUT2D eigenvalue weighted by molar-refractivity contribution is 7.99. The maximum Gasteiger partial charge on any atom is 0.192 e. The quantitative estimate of drug-likeness (QED) is 0.260. The van der Waals surface area contributed by atoms with E-state index in [1.54, 1.807) is 0 Å². The van der Waals surface area contributed by atoms with Crippen molar-refractivity contribution < 1.29 is 4.79 Å². The van der Waals surface area contributed by atoms with Crippen LogP contribution in [0.25, 0.3) is 0 Å². The summed E-state index contributed by atoms with van der Waals surface area (Å²) in [4.78, 5) is 15.5. The average Bonchev–Trinajstić information content (AvgIpc) is 3.29. The number of aromatic nitrogens is 3. The third kappa shape index (κ3) is 6.42. The minimum absolute atomic E-state index is 0.150. The molecule has 2 aromatic carbocycles. The number of ketones is 1. The molecule has 3 aromatic rings. The van der Waals surface area contributed by atoms with E-state index in [0.29, 0.717) is 11.7 Å². The van der Waals surface area contributed by atoms with Gasteiger partial charge in [0.1, 0.15) is 5.82 Å². The van der Waals surface area contributed by atoms with Crippen molar-refractivity contribution in [2.24, 2.45) is 0 Å². The number of piperidine rings is 1. The molecule has 184 valence electrons. The fourth-order valence-corrected chi connectivity index (χ4v) is 6.23. The predicted octanol–water partition coefficient (Wildman–Crippen LogP) is 6.34. The number of benzene rings is 2. The molecule has 1 aliphatic carbocycles. The molecule has 35 heavy (non-hydrogen) atoms. The first-order chi connectivity index (χ1) is 17.3.